The largest absolute Gasteiger partial charge is 0.492 e. The van der Waals surface area contributed by atoms with Crippen molar-refractivity contribution < 1.29 is 20.3 Å². The van der Waals surface area contributed by atoms with Crippen LogP contribution >= 0.6 is 17.9 Å². The molecule has 0 aromatic heterocycles. The van der Waals surface area contributed by atoms with Crippen LogP contribution in [0.4, 0.5) is 15.5 Å². The van der Waals surface area contributed by atoms with Gasteiger partial charge in [-0.2, -0.15) is 0 Å². The molecule has 0 amide bonds. The second kappa shape index (κ2) is 3.48. The molecule has 0 bridgehead atoms. The number of nitrogens with two attached hydrogens (primary N) is 1. The highest BCUT2D eigenvalue weighted by atomic mass is 32.9. The van der Waals surface area contributed by atoms with Gasteiger partial charge in [0.1, 0.15) is 12.4 Å². The van der Waals surface area contributed by atoms with Crippen LogP contribution in [-0.2, 0) is 0 Å². The van der Waals surface area contributed by atoms with Gasteiger partial charge in [-0.1, -0.05) is 0 Å². The van der Waals surface area contributed by atoms with E-state index in [0.717, 1.165) is 12.1 Å². The van der Waals surface area contributed by atoms with Gasteiger partial charge >= 0.3 is 0 Å². The minimum atomic E-state index is -8.15. The lowest BCUT2D eigenvalue weighted by Gasteiger charge is -2.45. The Morgan fingerprint density at radius 3 is 2.00 bits per heavy atom. The maximum atomic E-state index is 12.9. The summed E-state index contributed by atoms with van der Waals surface area (Å²) in [6.45, 7) is 0.449. The summed E-state index contributed by atoms with van der Waals surface area (Å²) < 4.78 is 56.6. The monoisotopic (exact) mass is 277 g/mol. The number of hydrogen-bond acceptors (Lipinski definition) is 2. The van der Waals surface area contributed by atoms with E-state index in [1.165, 1.54) is 0 Å². The lowest BCUT2D eigenvalue weighted by atomic mass is 10.3. The van der Waals surface area contributed by atoms with Crippen molar-refractivity contribution in [1.82, 2.24) is 0 Å². The maximum absolute atomic E-state index is 12.9. The van der Waals surface area contributed by atoms with Crippen molar-refractivity contribution in [2.24, 2.45) is 5.73 Å². The molecule has 2 nitrogen and oxygen atoms in total. The fourth-order valence-electron chi connectivity index (χ4n) is 0.997. The quantitative estimate of drug-likeness (QED) is 0.674. The number of benzene rings is 1. The molecule has 0 aliphatic heterocycles. The van der Waals surface area contributed by atoms with Gasteiger partial charge in [-0.25, -0.2) is 0 Å². The van der Waals surface area contributed by atoms with Crippen molar-refractivity contribution in [3.63, 3.8) is 0 Å². The summed E-state index contributed by atoms with van der Waals surface area (Å²) in [5.74, 6) is 0.223. The van der Waals surface area contributed by atoms with Gasteiger partial charge in [-0.3, -0.25) is 0 Å². The fourth-order valence-corrected chi connectivity index (χ4v) is 2.17. The van der Waals surface area contributed by atoms with Gasteiger partial charge in [0.05, 0.1) is 4.90 Å². The molecule has 0 aliphatic carbocycles. The third kappa shape index (κ3) is 3.81. The summed E-state index contributed by atoms with van der Waals surface area (Å²) in [6.07, 6.45) is 0. The first-order valence-electron chi connectivity index (χ1n) is 4.28. The van der Waals surface area contributed by atoms with Crippen molar-refractivity contribution in [1.29, 1.82) is 0 Å². The fraction of sp³-hybridized carbons (Fsp3) is 0.250. The molecule has 0 aliphatic rings. The molecule has 0 spiro atoms. The van der Waals surface area contributed by atoms with Gasteiger partial charge in [0, 0.05) is 15.0 Å². The van der Waals surface area contributed by atoms with Crippen LogP contribution in [0.3, 0.4) is 0 Å². The van der Waals surface area contributed by atoms with Crippen molar-refractivity contribution in [3.05, 3.63) is 24.3 Å². The normalized spacial score (nSPS) is 16.4. The van der Waals surface area contributed by atoms with Crippen LogP contribution in [0, 0.1) is 0 Å². The molecule has 94 valence electrons. The van der Waals surface area contributed by atoms with E-state index < -0.39 is 14.4 Å². The molecular formula is C8H12F4NOPS. The predicted octanol–water partition coefficient (Wildman–Crippen LogP) is 3.59. The number of rotatable bonds is 4. The highest BCUT2D eigenvalue weighted by Gasteiger charge is 2.59. The zero-order chi connectivity index (χ0) is 12.5. The van der Waals surface area contributed by atoms with Crippen LogP contribution in [0.1, 0.15) is 0 Å². The van der Waals surface area contributed by atoms with Gasteiger partial charge in [0.15, 0.2) is 9.46 Å². The Labute approximate surface area is 92.5 Å². The standard InChI is InChI=1S/C8H12F4NOPS/c9-16(10,11,12,15)8-3-1-7(2-4-8)14-6-5-13/h1-4H,5-6,13,15H2. The molecule has 0 radical (unpaired) electrons. The molecule has 1 atom stereocenters. The topological polar surface area (TPSA) is 35.2 Å². The number of halogens is 4. The van der Waals surface area contributed by atoms with Crippen LogP contribution in [0.25, 0.3) is 0 Å². The Morgan fingerprint density at radius 1 is 1.12 bits per heavy atom. The van der Waals surface area contributed by atoms with E-state index in [0.29, 0.717) is 20.6 Å². The minimum absolute atomic E-state index is 0.195. The van der Waals surface area contributed by atoms with E-state index in [1.807, 2.05) is 0 Å². The molecule has 0 heterocycles. The van der Waals surface area contributed by atoms with Gasteiger partial charge in [-0.05, 0) is 24.3 Å². The van der Waals surface area contributed by atoms with E-state index >= 15 is 0 Å². The van der Waals surface area contributed by atoms with Crippen LogP contribution in [0.15, 0.2) is 29.2 Å². The van der Waals surface area contributed by atoms with Crippen molar-refractivity contribution >= 4 is 17.9 Å². The van der Waals surface area contributed by atoms with E-state index in [2.05, 4.69) is 0 Å². The number of hydrogen-bond donors (Lipinski definition) is 1. The zero-order valence-corrected chi connectivity index (χ0v) is 10.2. The average Bonchev–Trinajstić information content (AvgIpc) is 2.12. The molecular weight excluding hydrogens is 265 g/mol. The number of ether oxygens (including phenoxy) is 1. The zero-order valence-electron chi connectivity index (χ0n) is 8.21. The maximum Gasteiger partial charge on any atom is 0.194 e. The molecule has 0 saturated heterocycles. The molecule has 1 unspecified atom stereocenters. The summed E-state index contributed by atoms with van der Waals surface area (Å²) >= 11 is 0. The van der Waals surface area contributed by atoms with Gasteiger partial charge in [0.25, 0.3) is 0 Å². The molecule has 1 aromatic carbocycles. The highest BCUT2D eigenvalue weighted by molar-refractivity contribution is 8.81. The second-order valence-corrected chi connectivity index (χ2v) is 8.82. The van der Waals surface area contributed by atoms with Crippen LogP contribution in [0.2, 0.25) is 0 Å². The van der Waals surface area contributed by atoms with Gasteiger partial charge in [-0.15, -0.1) is 15.5 Å². The molecule has 0 saturated carbocycles. The molecule has 2 N–H and O–H groups in total. The van der Waals surface area contributed by atoms with Crippen LogP contribution in [0.5, 0.6) is 5.75 Å². The Bertz CT molecular complexity index is 376. The Balaban J connectivity index is 2.97. The Hall–Kier alpha value is -0.520. The first kappa shape index (κ1) is 13.5. The molecule has 1 aromatic rings. The molecule has 1 rings (SSSR count). The van der Waals surface area contributed by atoms with Crippen molar-refractivity contribution in [2.45, 2.75) is 4.90 Å². The van der Waals surface area contributed by atoms with Crippen molar-refractivity contribution in [2.75, 3.05) is 13.2 Å². The molecule has 8 heteroatoms. The lowest BCUT2D eigenvalue weighted by Crippen LogP contribution is -2.10. The van der Waals surface area contributed by atoms with E-state index in [4.69, 9.17) is 10.5 Å². The summed E-state index contributed by atoms with van der Waals surface area (Å²) in [6, 6.07) is 3.43. The smallest absolute Gasteiger partial charge is 0.194 e. The summed E-state index contributed by atoms with van der Waals surface area (Å²) in [5, 5.41) is 0. The third-order valence-corrected chi connectivity index (χ3v) is 3.78. The SMILES string of the molecule is NCCOc1ccc(S(F)(F)(F)(F)P)cc1. The Kier molecular flexibility index (Phi) is 2.95. The third-order valence-electron chi connectivity index (χ3n) is 1.70. The van der Waals surface area contributed by atoms with E-state index in [9.17, 15) is 15.5 Å². The van der Waals surface area contributed by atoms with Crippen molar-refractivity contribution in [3.8, 4) is 5.75 Å². The molecule has 0 fully saturated rings. The predicted molar refractivity (Wildman–Crippen MR) is 61.0 cm³/mol. The van der Waals surface area contributed by atoms with Crippen LogP contribution in [-0.4, -0.2) is 13.2 Å². The van der Waals surface area contributed by atoms with Gasteiger partial charge < -0.3 is 10.5 Å². The first-order valence-corrected chi connectivity index (χ1v) is 7.81. The lowest BCUT2D eigenvalue weighted by molar-refractivity contribution is 0.328. The van der Waals surface area contributed by atoms with E-state index in [1.54, 1.807) is 0 Å². The first-order chi connectivity index (χ1) is 7.03. The van der Waals surface area contributed by atoms with E-state index in [-0.39, 0.29) is 18.9 Å². The molecule has 16 heavy (non-hydrogen) atoms. The summed E-state index contributed by atoms with van der Waals surface area (Å²) in [5.41, 5.74) is 5.16. The average molecular weight is 277 g/mol. The Morgan fingerprint density at radius 2 is 1.62 bits per heavy atom. The summed E-state index contributed by atoms with van der Waals surface area (Å²) in [7, 11) is -7.76. The second-order valence-electron chi connectivity index (χ2n) is 3.24. The van der Waals surface area contributed by atoms with Crippen LogP contribution < -0.4 is 10.5 Å². The van der Waals surface area contributed by atoms with Gasteiger partial charge in [0.2, 0.25) is 0 Å². The highest BCUT2D eigenvalue weighted by Crippen LogP contribution is 3.05. The summed E-state index contributed by atoms with van der Waals surface area (Å²) in [4.78, 5) is -1.30. The minimum Gasteiger partial charge on any atom is -0.492 e.